The molecule has 7 heteroatoms. The van der Waals surface area contributed by atoms with Crippen molar-refractivity contribution in [1.29, 1.82) is 0 Å². The summed E-state index contributed by atoms with van der Waals surface area (Å²) in [6, 6.07) is 7.67. The lowest BCUT2D eigenvalue weighted by molar-refractivity contribution is -0.154. The third-order valence-corrected chi connectivity index (χ3v) is 4.46. The molecule has 0 atom stereocenters. The van der Waals surface area contributed by atoms with Crippen molar-refractivity contribution < 1.29 is 14.3 Å². The Morgan fingerprint density at radius 1 is 0.913 bits per heavy atom. The molecule has 1 aromatic carbocycles. The lowest BCUT2D eigenvalue weighted by Gasteiger charge is -2.37. The van der Waals surface area contributed by atoms with Gasteiger partial charge in [0.15, 0.2) is 0 Å². The average molecular weight is 338 g/mol. The largest absolute Gasteiger partial charge is 0.378 e. The summed E-state index contributed by atoms with van der Waals surface area (Å²) < 4.78 is 5.21. The lowest BCUT2D eigenvalue weighted by Crippen LogP contribution is -2.54. The van der Waals surface area contributed by atoms with Gasteiger partial charge in [0.25, 0.3) is 0 Å². The normalized spacial score (nSPS) is 18.9. The van der Waals surface area contributed by atoms with Crippen molar-refractivity contribution in [3.8, 4) is 0 Å². The number of ether oxygens (including phenoxy) is 1. The van der Waals surface area contributed by atoms with Crippen LogP contribution in [0.3, 0.4) is 0 Å². The molecule has 0 aromatic heterocycles. The zero-order chi connectivity index (χ0) is 16.2. The molecule has 0 bridgehead atoms. The van der Waals surface area contributed by atoms with E-state index in [2.05, 4.69) is 4.90 Å². The molecule has 0 unspecified atom stereocenters. The van der Waals surface area contributed by atoms with E-state index in [4.69, 9.17) is 16.3 Å². The Balaban J connectivity index is 1.55. The number of amides is 2. The van der Waals surface area contributed by atoms with Crippen molar-refractivity contribution in [2.45, 2.75) is 0 Å². The molecule has 23 heavy (non-hydrogen) atoms. The predicted octanol–water partition coefficient (Wildman–Crippen LogP) is 0.847. The van der Waals surface area contributed by atoms with Gasteiger partial charge in [-0.25, -0.2) is 0 Å². The minimum atomic E-state index is -0.412. The van der Waals surface area contributed by atoms with Gasteiger partial charge in [-0.15, -0.1) is 0 Å². The first-order chi connectivity index (χ1) is 11.1. The highest BCUT2D eigenvalue weighted by Gasteiger charge is 2.30. The molecule has 2 aliphatic heterocycles. The van der Waals surface area contributed by atoms with Gasteiger partial charge in [0.05, 0.1) is 13.2 Å². The molecule has 2 aliphatic rings. The zero-order valence-corrected chi connectivity index (χ0v) is 13.7. The van der Waals surface area contributed by atoms with Gasteiger partial charge in [-0.1, -0.05) is 17.7 Å². The van der Waals surface area contributed by atoms with Crippen LogP contribution in [0.1, 0.15) is 0 Å². The molecule has 0 spiro atoms. The third-order valence-electron chi connectivity index (χ3n) is 4.22. The Hall–Kier alpha value is -1.79. The number of benzene rings is 1. The van der Waals surface area contributed by atoms with Crippen molar-refractivity contribution in [3.63, 3.8) is 0 Å². The Morgan fingerprint density at radius 3 is 2.13 bits per heavy atom. The maximum Gasteiger partial charge on any atom is 0.312 e. The molecule has 2 amide bonds. The summed E-state index contributed by atoms with van der Waals surface area (Å²) in [7, 11) is 0. The van der Waals surface area contributed by atoms with Gasteiger partial charge >= 0.3 is 11.8 Å². The molecule has 2 saturated heterocycles. The van der Waals surface area contributed by atoms with E-state index in [-0.39, 0.29) is 0 Å². The molecule has 0 radical (unpaired) electrons. The Labute approximate surface area is 140 Å². The second-order valence-electron chi connectivity index (χ2n) is 5.66. The van der Waals surface area contributed by atoms with Crippen LogP contribution in [0, 0.1) is 0 Å². The van der Waals surface area contributed by atoms with Crippen LogP contribution in [0.2, 0.25) is 5.02 Å². The Bertz CT molecular complexity index is 582. The number of hydrogen-bond acceptors (Lipinski definition) is 4. The van der Waals surface area contributed by atoms with Crippen molar-refractivity contribution >= 4 is 29.1 Å². The topological polar surface area (TPSA) is 53.1 Å². The quantitative estimate of drug-likeness (QED) is 0.713. The second kappa shape index (κ2) is 7.19. The van der Waals surface area contributed by atoms with Gasteiger partial charge in [-0.05, 0) is 18.2 Å². The highest BCUT2D eigenvalue weighted by atomic mass is 35.5. The van der Waals surface area contributed by atoms with Crippen LogP contribution >= 0.6 is 11.6 Å². The van der Waals surface area contributed by atoms with E-state index in [1.807, 2.05) is 24.3 Å². The summed E-state index contributed by atoms with van der Waals surface area (Å²) in [5.41, 5.74) is 1.05. The average Bonchev–Trinajstić information content (AvgIpc) is 2.61. The van der Waals surface area contributed by atoms with Gasteiger partial charge in [-0.3, -0.25) is 9.59 Å². The number of halogens is 1. The number of carbonyl (C=O) groups is 2. The maximum atomic E-state index is 12.3. The first-order valence-electron chi connectivity index (χ1n) is 7.81. The van der Waals surface area contributed by atoms with Crippen molar-refractivity contribution in [2.75, 3.05) is 57.4 Å². The fourth-order valence-corrected chi connectivity index (χ4v) is 3.06. The standard InChI is InChI=1S/C16H20ClN3O3/c17-13-2-1-3-14(12-13)18-4-6-19(7-5-18)15(21)16(22)20-8-10-23-11-9-20/h1-3,12H,4-11H2. The number of piperazine rings is 1. The predicted molar refractivity (Wildman–Crippen MR) is 87.6 cm³/mol. The van der Waals surface area contributed by atoms with Crippen LogP contribution in [0.15, 0.2) is 24.3 Å². The second-order valence-corrected chi connectivity index (χ2v) is 6.10. The van der Waals surface area contributed by atoms with Gasteiger partial charge in [0.1, 0.15) is 0 Å². The fourth-order valence-electron chi connectivity index (χ4n) is 2.88. The number of rotatable bonds is 1. The summed E-state index contributed by atoms with van der Waals surface area (Å²) in [5.74, 6) is -0.817. The van der Waals surface area contributed by atoms with Crippen LogP contribution in [-0.4, -0.2) is 74.1 Å². The molecule has 2 fully saturated rings. The third kappa shape index (κ3) is 3.76. The number of nitrogens with zero attached hydrogens (tertiary/aromatic N) is 3. The van der Waals surface area contributed by atoms with Crippen LogP contribution in [0.25, 0.3) is 0 Å². The molecule has 3 rings (SSSR count). The van der Waals surface area contributed by atoms with E-state index in [9.17, 15) is 9.59 Å². The molecule has 0 saturated carbocycles. The first kappa shape index (κ1) is 16.1. The molecule has 6 nitrogen and oxygen atoms in total. The van der Waals surface area contributed by atoms with Gasteiger partial charge in [0.2, 0.25) is 0 Å². The Kier molecular flexibility index (Phi) is 5.03. The number of anilines is 1. The number of hydrogen-bond donors (Lipinski definition) is 0. The highest BCUT2D eigenvalue weighted by molar-refractivity contribution is 6.35. The van der Waals surface area contributed by atoms with E-state index in [1.165, 1.54) is 0 Å². The van der Waals surface area contributed by atoms with Crippen LogP contribution < -0.4 is 4.90 Å². The lowest BCUT2D eigenvalue weighted by atomic mass is 10.2. The monoisotopic (exact) mass is 337 g/mol. The van der Waals surface area contributed by atoms with Crippen LogP contribution in [0.4, 0.5) is 5.69 Å². The number of morpholine rings is 1. The van der Waals surface area contributed by atoms with Gasteiger partial charge in [-0.2, -0.15) is 0 Å². The molecule has 0 N–H and O–H groups in total. The van der Waals surface area contributed by atoms with Crippen LogP contribution in [0.5, 0.6) is 0 Å². The van der Waals surface area contributed by atoms with E-state index >= 15 is 0 Å². The molecular formula is C16H20ClN3O3. The molecule has 1 aromatic rings. The first-order valence-corrected chi connectivity index (χ1v) is 8.19. The summed E-state index contributed by atoms with van der Waals surface area (Å²) in [4.78, 5) is 30.0. The highest BCUT2D eigenvalue weighted by Crippen LogP contribution is 2.20. The van der Waals surface area contributed by atoms with E-state index < -0.39 is 11.8 Å². The van der Waals surface area contributed by atoms with Gasteiger partial charge < -0.3 is 19.4 Å². The van der Waals surface area contributed by atoms with E-state index in [0.717, 1.165) is 5.69 Å². The summed E-state index contributed by atoms with van der Waals surface area (Å²) in [6.07, 6.45) is 0. The summed E-state index contributed by atoms with van der Waals surface area (Å²) in [5, 5.41) is 0.698. The van der Waals surface area contributed by atoms with E-state index in [0.29, 0.717) is 57.5 Å². The summed E-state index contributed by atoms with van der Waals surface area (Å²) in [6.45, 7) is 4.47. The van der Waals surface area contributed by atoms with Crippen molar-refractivity contribution in [2.24, 2.45) is 0 Å². The number of carbonyl (C=O) groups excluding carboxylic acids is 2. The minimum Gasteiger partial charge on any atom is -0.378 e. The fraction of sp³-hybridized carbons (Fsp3) is 0.500. The molecular weight excluding hydrogens is 318 g/mol. The zero-order valence-electron chi connectivity index (χ0n) is 12.9. The molecule has 124 valence electrons. The van der Waals surface area contributed by atoms with Gasteiger partial charge in [0, 0.05) is 50.0 Å². The van der Waals surface area contributed by atoms with Crippen molar-refractivity contribution in [3.05, 3.63) is 29.3 Å². The maximum absolute atomic E-state index is 12.3. The molecule has 2 heterocycles. The molecule has 0 aliphatic carbocycles. The minimum absolute atomic E-state index is 0.405. The van der Waals surface area contributed by atoms with E-state index in [1.54, 1.807) is 9.80 Å². The smallest absolute Gasteiger partial charge is 0.312 e. The SMILES string of the molecule is O=C(C(=O)N1CCN(c2cccc(Cl)c2)CC1)N1CCOCC1. The Morgan fingerprint density at radius 2 is 1.52 bits per heavy atom. The summed E-state index contributed by atoms with van der Waals surface area (Å²) >= 11 is 6.02. The van der Waals surface area contributed by atoms with Crippen molar-refractivity contribution in [1.82, 2.24) is 9.80 Å². The van der Waals surface area contributed by atoms with Crippen LogP contribution in [-0.2, 0) is 14.3 Å².